The summed E-state index contributed by atoms with van der Waals surface area (Å²) in [6, 6.07) is 97.0. The van der Waals surface area contributed by atoms with Gasteiger partial charge in [0.05, 0.1) is 44.1 Å². The minimum Gasteiger partial charge on any atom is -0.309 e. The van der Waals surface area contributed by atoms with Crippen LogP contribution >= 0.6 is 0 Å². The lowest BCUT2D eigenvalue weighted by atomic mass is 9.69. The van der Waals surface area contributed by atoms with Gasteiger partial charge >= 0.3 is 0 Å². The van der Waals surface area contributed by atoms with Gasteiger partial charge in [0, 0.05) is 71.3 Å². The molecule has 0 bridgehead atoms. The first-order chi connectivity index (χ1) is 54.8. The fraction of sp³-hybridized carbons (Fsp3) is 0.327. The fourth-order valence-corrected chi connectivity index (χ4v) is 20.0. The molecule has 1 aliphatic rings. The summed E-state index contributed by atoms with van der Waals surface area (Å²) >= 11 is 0. The lowest BCUT2D eigenvalue weighted by molar-refractivity contribution is 0.397. The molecule has 4 aromatic heterocycles. The van der Waals surface area contributed by atoms with Gasteiger partial charge in [-0.15, -0.1) is 0 Å². The Morgan fingerprint density at radius 2 is 0.477 bits per heavy atom. The average molecular weight is 1460 g/mol. The molecule has 562 valence electrons. The van der Waals surface area contributed by atoms with Gasteiger partial charge in [-0.25, -0.2) is 0 Å². The van der Waals surface area contributed by atoms with E-state index in [1.165, 1.54) is 312 Å². The molecule has 111 heavy (non-hydrogen) atoms. The molecule has 0 spiro atoms. The van der Waals surface area contributed by atoms with Crippen LogP contribution in [0, 0.1) is 13.8 Å². The van der Waals surface area contributed by atoms with Crippen LogP contribution in [0.15, 0.2) is 255 Å². The smallest absolute Gasteiger partial charge is 0.0541 e. The van der Waals surface area contributed by atoms with Gasteiger partial charge in [0.25, 0.3) is 0 Å². The van der Waals surface area contributed by atoms with E-state index in [9.17, 15) is 0 Å². The first-order valence-electron chi connectivity index (χ1n) is 43.4. The average Bonchev–Trinajstić information content (AvgIpc) is 1.60. The third-order valence-corrected chi connectivity index (χ3v) is 25.9. The van der Waals surface area contributed by atoms with Crippen molar-refractivity contribution in [1.82, 2.24) is 18.3 Å². The van der Waals surface area contributed by atoms with Gasteiger partial charge in [0.2, 0.25) is 0 Å². The van der Waals surface area contributed by atoms with E-state index in [-0.39, 0.29) is 5.41 Å². The Bertz CT molecular complexity index is 5450. The van der Waals surface area contributed by atoms with Crippen LogP contribution in [0.1, 0.15) is 225 Å². The van der Waals surface area contributed by atoms with E-state index < -0.39 is 0 Å². The maximum atomic E-state index is 2.74. The van der Waals surface area contributed by atoms with Gasteiger partial charge in [-0.3, -0.25) is 0 Å². The Labute approximate surface area is 660 Å². The second-order valence-electron chi connectivity index (χ2n) is 33.2. The number of fused-ring (bicyclic) bond motifs is 15. The molecule has 0 N–H and O–H groups in total. The molecule has 0 radical (unpaired) electrons. The highest BCUT2D eigenvalue weighted by atomic mass is 15.0. The third kappa shape index (κ3) is 14.8. The minimum atomic E-state index is 0.106. The Morgan fingerprint density at radius 1 is 0.225 bits per heavy atom. The van der Waals surface area contributed by atoms with Crippen molar-refractivity contribution < 1.29 is 0 Å². The van der Waals surface area contributed by atoms with Crippen LogP contribution in [0.3, 0.4) is 0 Å². The van der Waals surface area contributed by atoms with Gasteiger partial charge in [-0.1, -0.05) is 288 Å². The second-order valence-corrected chi connectivity index (χ2v) is 33.2. The zero-order chi connectivity index (χ0) is 75.0. The maximum Gasteiger partial charge on any atom is 0.0541 e. The molecular formula is C107H114N4. The number of hydrogen-bond donors (Lipinski definition) is 0. The van der Waals surface area contributed by atoms with E-state index in [0.717, 1.165) is 12.8 Å². The van der Waals surface area contributed by atoms with E-state index in [1.807, 2.05) is 0 Å². The van der Waals surface area contributed by atoms with Crippen molar-refractivity contribution in [3.05, 3.63) is 299 Å². The molecule has 0 atom stereocenters. The molecule has 0 fully saturated rings. The van der Waals surface area contributed by atoms with Crippen LogP contribution in [-0.4, -0.2) is 18.3 Å². The molecule has 12 aromatic carbocycles. The first-order valence-corrected chi connectivity index (χ1v) is 43.4. The summed E-state index contributed by atoms with van der Waals surface area (Å²) in [7, 11) is 0. The molecule has 17 rings (SSSR count). The molecule has 0 unspecified atom stereocenters. The van der Waals surface area contributed by atoms with Crippen LogP contribution in [-0.2, 0) is 31.1 Å². The standard InChI is InChI=1S/C107H114N4/c1-5-7-9-11-21-39-69-107(70-40-22-12-10-8-6-2)97-71-77(3)81(43-25-19-15-13-17-23-41-79-57-67-105-95(73-79)91-49-31-37-55-103(91)110(105)85-63-59-83(60-64-85)108-99-51-33-27-45-87(99)88-46-28-34-52-100(88)108)75-93(97)94-76-82(78(4)72-98(94)107)44-26-20-16-14-18-24-42-80-58-68-106-96(74-80)92-50-32-38-56-104(92)111(106)86-65-61-84(62-66-86)109-101-53-35-29-47-89(101)90-48-30-36-54-102(90)109/h27-38,45-68,71-76H,5-26,39-44,69-70H2,1-4H3. The highest BCUT2D eigenvalue weighted by Crippen LogP contribution is 2.56. The normalized spacial score (nSPS) is 12.8. The molecular weight excluding hydrogens is 1340 g/mol. The molecule has 0 saturated heterocycles. The predicted octanol–water partition coefficient (Wildman–Crippen LogP) is 30.7. The number of hydrogen-bond acceptors (Lipinski definition) is 0. The minimum absolute atomic E-state index is 0.106. The lowest BCUT2D eigenvalue weighted by Gasteiger charge is -2.34. The first kappa shape index (κ1) is 73.6. The lowest BCUT2D eigenvalue weighted by Crippen LogP contribution is -2.26. The summed E-state index contributed by atoms with van der Waals surface area (Å²) in [5.41, 5.74) is 30.5. The van der Waals surface area contributed by atoms with Crippen LogP contribution in [0.4, 0.5) is 0 Å². The molecule has 4 nitrogen and oxygen atoms in total. The summed E-state index contributed by atoms with van der Waals surface area (Å²) in [6.07, 6.45) is 38.8. The Kier molecular flexibility index (Phi) is 22.4. The monoisotopic (exact) mass is 1450 g/mol. The van der Waals surface area contributed by atoms with Gasteiger partial charge in [0.15, 0.2) is 0 Å². The topological polar surface area (TPSA) is 19.7 Å². The summed E-state index contributed by atoms with van der Waals surface area (Å²) in [5.74, 6) is 0. The van der Waals surface area contributed by atoms with Crippen LogP contribution in [0.5, 0.6) is 0 Å². The van der Waals surface area contributed by atoms with E-state index in [0.29, 0.717) is 0 Å². The van der Waals surface area contributed by atoms with Crippen LogP contribution in [0.2, 0.25) is 0 Å². The number of benzene rings is 12. The van der Waals surface area contributed by atoms with Crippen molar-refractivity contribution in [3.63, 3.8) is 0 Å². The highest BCUT2D eigenvalue weighted by molar-refractivity contribution is 6.12. The maximum absolute atomic E-state index is 2.74. The van der Waals surface area contributed by atoms with Crippen molar-refractivity contribution in [2.24, 2.45) is 0 Å². The molecule has 0 saturated carbocycles. The zero-order valence-corrected chi connectivity index (χ0v) is 66.8. The highest BCUT2D eigenvalue weighted by Gasteiger charge is 2.43. The molecule has 1 aliphatic carbocycles. The fourth-order valence-electron chi connectivity index (χ4n) is 20.0. The number of aromatic nitrogens is 4. The molecule has 16 aromatic rings. The predicted molar refractivity (Wildman–Crippen MR) is 479 cm³/mol. The summed E-state index contributed by atoms with van der Waals surface area (Å²) in [5, 5.41) is 10.5. The summed E-state index contributed by atoms with van der Waals surface area (Å²) < 4.78 is 9.75. The second kappa shape index (κ2) is 33.8. The molecule has 4 heterocycles. The van der Waals surface area contributed by atoms with Crippen molar-refractivity contribution >= 4 is 87.2 Å². The quantitative estimate of drug-likeness (QED) is 0.0349. The molecule has 0 aliphatic heterocycles. The largest absolute Gasteiger partial charge is 0.309 e. The molecule has 4 heteroatoms. The Hall–Kier alpha value is -10.2. The zero-order valence-electron chi connectivity index (χ0n) is 66.8. The van der Waals surface area contributed by atoms with Gasteiger partial charge in [0.1, 0.15) is 0 Å². The van der Waals surface area contributed by atoms with Gasteiger partial charge < -0.3 is 18.3 Å². The molecule has 0 amide bonds. The van der Waals surface area contributed by atoms with Crippen molar-refractivity contribution in [1.29, 1.82) is 0 Å². The van der Waals surface area contributed by atoms with E-state index in [1.54, 1.807) is 33.4 Å². The summed E-state index contributed by atoms with van der Waals surface area (Å²) in [4.78, 5) is 0. The van der Waals surface area contributed by atoms with Crippen molar-refractivity contribution in [2.45, 2.75) is 226 Å². The van der Waals surface area contributed by atoms with Crippen molar-refractivity contribution in [3.8, 4) is 33.9 Å². The number of aryl methyl sites for hydroxylation is 6. The Balaban J connectivity index is 0.523. The van der Waals surface area contributed by atoms with Crippen LogP contribution < -0.4 is 0 Å². The van der Waals surface area contributed by atoms with Gasteiger partial charge in [-0.05, 0) is 243 Å². The van der Waals surface area contributed by atoms with Crippen molar-refractivity contribution in [2.75, 3.05) is 0 Å². The summed E-state index contributed by atoms with van der Waals surface area (Å²) in [6.45, 7) is 9.63. The number of unbranched alkanes of at least 4 members (excludes halogenated alkanes) is 20. The van der Waals surface area contributed by atoms with E-state index in [2.05, 4.69) is 301 Å². The van der Waals surface area contributed by atoms with Crippen LogP contribution in [0.25, 0.3) is 121 Å². The van der Waals surface area contributed by atoms with Gasteiger partial charge in [-0.2, -0.15) is 0 Å². The van der Waals surface area contributed by atoms with E-state index >= 15 is 0 Å². The SMILES string of the molecule is CCCCCCCCC1(CCCCCCCC)c2cc(C)c(CCCCCCCCc3ccc4c(c3)c3ccccc3n4-c3ccc(-n4c5ccccc5c5ccccc54)cc3)cc2-c2cc(CCCCCCCCc3ccc4c(c3)c3ccccc3n4-c3ccc(-n4c5ccccc5c5ccccc54)cc3)c(C)cc21. The Morgan fingerprint density at radius 3 is 0.784 bits per heavy atom. The number of para-hydroxylation sites is 6. The van der Waals surface area contributed by atoms with E-state index in [4.69, 9.17) is 0 Å². The third-order valence-electron chi connectivity index (χ3n) is 25.9. The number of rotatable bonds is 36. The number of nitrogens with zero attached hydrogens (tertiary/aromatic N) is 4.